The van der Waals surface area contributed by atoms with Crippen molar-refractivity contribution >= 4 is 9.84 Å². The summed E-state index contributed by atoms with van der Waals surface area (Å²) in [5, 5.41) is 2.80. The maximum absolute atomic E-state index is 12.5. The summed E-state index contributed by atoms with van der Waals surface area (Å²) < 4.78 is 24.9. The molecule has 1 N–H and O–H groups in total. The Morgan fingerprint density at radius 2 is 1.88 bits per heavy atom. The number of likely N-dealkylation sites (N-methyl/N-ethyl adjacent to an activating group) is 1. The van der Waals surface area contributed by atoms with Crippen molar-refractivity contribution in [3.05, 3.63) is 0 Å². The second kappa shape index (κ2) is 5.02. The van der Waals surface area contributed by atoms with Gasteiger partial charge in [0.15, 0.2) is 9.84 Å². The van der Waals surface area contributed by atoms with E-state index in [-0.39, 0.29) is 10.6 Å². The van der Waals surface area contributed by atoms with Crippen LogP contribution in [0.2, 0.25) is 0 Å². The second-order valence-electron chi connectivity index (χ2n) is 4.99. The fraction of sp³-hybridized carbons (Fsp3) is 1.00. The molecule has 2 fully saturated rings. The maximum Gasteiger partial charge on any atom is 0.170 e. The van der Waals surface area contributed by atoms with Crippen molar-refractivity contribution in [1.29, 1.82) is 0 Å². The van der Waals surface area contributed by atoms with Gasteiger partial charge in [0.2, 0.25) is 0 Å². The molecule has 0 radical (unpaired) electrons. The molecule has 0 aromatic heterocycles. The molecule has 0 aromatic carbocycles. The van der Waals surface area contributed by atoms with Gasteiger partial charge in [0.25, 0.3) is 0 Å². The van der Waals surface area contributed by atoms with Gasteiger partial charge in [-0.05, 0) is 19.9 Å². The van der Waals surface area contributed by atoms with Gasteiger partial charge in [-0.2, -0.15) is 0 Å². The third-order valence-electron chi connectivity index (χ3n) is 3.85. The molecule has 0 bridgehead atoms. The molecule has 1 heterocycles. The van der Waals surface area contributed by atoms with Crippen LogP contribution in [0.3, 0.4) is 0 Å². The predicted octanol–water partition coefficient (Wildman–Crippen LogP) is 0.595. The highest BCUT2D eigenvalue weighted by molar-refractivity contribution is 7.92. The van der Waals surface area contributed by atoms with E-state index >= 15 is 0 Å². The van der Waals surface area contributed by atoms with Crippen LogP contribution in [0.15, 0.2) is 0 Å². The Bertz CT molecular complexity index is 323. The first-order valence-corrected chi connectivity index (χ1v) is 7.87. The molecule has 1 saturated heterocycles. The van der Waals surface area contributed by atoms with Gasteiger partial charge in [0.1, 0.15) is 5.37 Å². The highest BCUT2D eigenvalue weighted by Crippen LogP contribution is 2.27. The zero-order chi connectivity index (χ0) is 11.6. The van der Waals surface area contributed by atoms with E-state index in [1.807, 2.05) is 11.9 Å². The Morgan fingerprint density at radius 1 is 1.19 bits per heavy atom. The van der Waals surface area contributed by atoms with E-state index in [9.17, 15) is 8.42 Å². The average molecular weight is 246 g/mol. The fourth-order valence-corrected chi connectivity index (χ4v) is 5.16. The molecule has 1 unspecified atom stereocenters. The lowest BCUT2D eigenvalue weighted by molar-refractivity contribution is 0.252. The highest BCUT2D eigenvalue weighted by atomic mass is 32.2. The van der Waals surface area contributed by atoms with E-state index in [1.165, 1.54) is 6.42 Å². The van der Waals surface area contributed by atoms with Crippen LogP contribution in [-0.4, -0.2) is 50.6 Å². The first kappa shape index (κ1) is 12.3. The lowest BCUT2D eigenvalue weighted by Gasteiger charge is -2.35. The minimum absolute atomic E-state index is 0.0893. The van der Waals surface area contributed by atoms with E-state index in [0.29, 0.717) is 6.54 Å². The number of sulfone groups is 1. The third kappa shape index (κ3) is 2.41. The molecular weight excluding hydrogens is 224 g/mol. The van der Waals surface area contributed by atoms with Crippen LogP contribution in [0.25, 0.3) is 0 Å². The van der Waals surface area contributed by atoms with E-state index in [1.54, 1.807) is 0 Å². The average Bonchev–Trinajstić information content (AvgIpc) is 2.30. The molecule has 4 nitrogen and oxygen atoms in total. The lowest BCUT2D eigenvalue weighted by atomic mass is 10.0. The SMILES string of the molecule is CN1CCNCC1S(=O)(=O)C1CCCCC1. The molecule has 2 aliphatic rings. The van der Waals surface area contributed by atoms with Crippen LogP contribution in [-0.2, 0) is 9.84 Å². The number of hydrogen-bond donors (Lipinski definition) is 1. The van der Waals surface area contributed by atoms with Crippen molar-refractivity contribution in [2.24, 2.45) is 0 Å². The van der Waals surface area contributed by atoms with Crippen LogP contribution in [0.5, 0.6) is 0 Å². The normalized spacial score (nSPS) is 30.4. The van der Waals surface area contributed by atoms with Gasteiger partial charge >= 0.3 is 0 Å². The van der Waals surface area contributed by atoms with Gasteiger partial charge in [-0.15, -0.1) is 0 Å². The van der Waals surface area contributed by atoms with Gasteiger partial charge in [-0.1, -0.05) is 19.3 Å². The molecule has 16 heavy (non-hydrogen) atoms. The molecule has 0 aromatic rings. The summed E-state index contributed by atoms with van der Waals surface area (Å²) in [7, 11) is -1.05. The Balaban J connectivity index is 2.10. The topological polar surface area (TPSA) is 49.4 Å². The van der Waals surface area contributed by atoms with Crippen LogP contribution < -0.4 is 5.32 Å². The minimum Gasteiger partial charge on any atom is -0.313 e. The molecule has 94 valence electrons. The van der Waals surface area contributed by atoms with Crippen molar-refractivity contribution in [2.45, 2.75) is 42.7 Å². The lowest BCUT2D eigenvalue weighted by Crippen LogP contribution is -2.55. The fourth-order valence-electron chi connectivity index (χ4n) is 2.76. The molecule has 1 aliphatic heterocycles. The zero-order valence-corrected chi connectivity index (χ0v) is 10.8. The Labute approximate surface area is 98.3 Å². The Morgan fingerprint density at radius 3 is 2.50 bits per heavy atom. The summed E-state index contributed by atoms with van der Waals surface area (Å²) in [6.45, 7) is 2.32. The molecular formula is C11H22N2O2S. The Kier molecular flexibility index (Phi) is 3.87. The quantitative estimate of drug-likeness (QED) is 0.775. The number of nitrogens with one attached hydrogen (secondary N) is 1. The summed E-state index contributed by atoms with van der Waals surface area (Å²) in [4.78, 5) is 1.99. The predicted molar refractivity (Wildman–Crippen MR) is 65.1 cm³/mol. The molecule has 0 spiro atoms. The summed E-state index contributed by atoms with van der Waals surface area (Å²) in [5.74, 6) is 0. The van der Waals surface area contributed by atoms with Gasteiger partial charge < -0.3 is 5.32 Å². The van der Waals surface area contributed by atoms with Gasteiger partial charge in [0.05, 0.1) is 5.25 Å². The summed E-state index contributed by atoms with van der Waals surface area (Å²) in [5.41, 5.74) is 0. The molecule has 1 saturated carbocycles. The van der Waals surface area contributed by atoms with E-state index in [0.717, 1.165) is 38.8 Å². The first-order valence-electron chi connectivity index (χ1n) is 6.26. The van der Waals surface area contributed by atoms with E-state index in [2.05, 4.69) is 5.32 Å². The zero-order valence-electron chi connectivity index (χ0n) is 9.98. The third-order valence-corrected chi connectivity index (χ3v) is 6.53. The van der Waals surface area contributed by atoms with Crippen molar-refractivity contribution in [1.82, 2.24) is 10.2 Å². The molecule has 2 rings (SSSR count). The van der Waals surface area contributed by atoms with Crippen LogP contribution in [0.4, 0.5) is 0 Å². The second-order valence-corrected chi connectivity index (χ2v) is 7.38. The number of hydrogen-bond acceptors (Lipinski definition) is 4. The first-order chi connectivity index (χ1) is 7.62. The van der Waals surface area contributed by atoms with Crippen LogP contribution >= 0.6 is 0 Å². The molecule has 1 aliphatic carbocycles. The van der Waals surface area contributed by atoms with Crippen LogP contribution in [0.1, 0.15) is 32.1 Å². The summed E-state index contributed by atoms with van der Waals surface area (Å²) in [6.07, 6.45) is 5.09. The standard InChI is InChI=1S/C11H22N2O2S/c1-13-8-7-12-9-11(13)16(14,15)10-5-3-2-4-6-10/h10-12H,2-9H2,1H3. The van der Waals surface area contributed by atoms with Gasteiger partial charge in [-0.3, -0.25) is 4.90 Å². The Hall–Kier alpha value is -0.130. The molecule has 0 amide bonds. The van der Waals surface area contributed by atoms with E-state index < -0.39 is 9.84 Å². The van der Waals surface area contributed by atoms with Crippen molar-refractivity contribution in [2.75, 3.05) is 26.7 Å². The van der Waals surface area contributed by atoms with Gasteiger partial charge in [-0.25, -0.2) is 8.42 Å². The molecule has 5 heteroatoms. The maximum atomic E-state index is 12.5. The van der Waals surface area contributed by atoms with Crippen molar-refractivity contribution in [3.63, 3.8) is 0 Å². The monoisotopic (exact) mass is 246 g/mol. The van der Waals surface area contributed by atoms with E-state index in [4.69, 9.17) is 0 Å². The largest absolute Gasteiger partial charge is 0.313 e. The number of piperazine rings is 1. The smallest absolute Gasteiger partial charge is 0.170 e. The van der Waals surface area contributed by atoms with Crippen molar-refractivity contribution < 1.29 is 8.42 Å². The number of rotatable bonds is 2. The highest BCUT2D eigenvalue weighted by Gasteiger charge is 2.37. The summed E-state index contributed by atoms with van der Waals surface area (Å²) >= 11 is 0. The molecule has 1 atom stereocenters. The summed E-state index contributed by atoms with van der Waals surface area (Å²) in [6, 6.07) is 0. The van der Waals surface area contributed by atoms with Crippen LogP contribution in [0, 0.1) is 0 Å². The minimum atomic E-state index is -2.97. The van der Waals surface area contributed by atoms with Gasteiger partial charge in [0, 0.05) is 19.6 Å². The van der Waals surface area contributed by atoms with Crippen molar-refractivity contribution in [3.8, 4) is 0 Å². The number of nitrogens with zero attached hydrogens (tertiary/aromatic N) is 1.